The summed E-state index contributed by atoms with van der Waals surface area (Å²) in [5.74, 6) is 0.410. The van der Waals surface area contributed by atoms with Gasteiger partial charge in [-0.1, -0.05) is 39.3 Å². The van der Waals surface area contributed by atoms with Crippen LogP contribution in [0.4, 0.5) is 5.69 Å². The van der Waals surface area contributed by atoms with Crippen molar-refractivity contribution in [3.8, 4) is 11.5 Å². The van der Waals surface area contributed by atoms with Crippen LogP contribution >= 0.6 is 11.6 Å². The van der Waals surface area contributed by atoms with E-state index in [9.17, 15) is 13.2 Å². The molecular weight excluding hydrogens is 474 g/mol. The number of hydrogen-bond acceptors (Lipinski definition) is 5. The van der Waals surface area contributed by atoms with Crippen molar-refractivity contribution in [3.63, 3.8) is 0 Å². The number of anilines is 1. The van der Waals surface area contributed by atoms with E-state index < -0.39 is 10.1 Å². The Morgan fingerprint density at radius 2 is 1.41 bits per heavy atom. The molecule has 0 aliphatic rings. The lowest BCUT2D eigenvalue weighted by atomic mass is 9.93. The van der Waals surface area contributed by atoms with Crippen molar-refractivity contribution in [2.24, 2.45) is 0 Å². The van der Waals surface area contributed by atoms with Gasteiger partial charge in [0.15, 0.2) is 0 Å². The van der Waals surface area contributed by atoms with Gasteiger partial charge in [-0.05, 0) is 72.5 Å². The van der Waals surface area contributed by atoms with Gasteiger partial charge in [0.2, 0.25) is 0 Å². The van der Waals surface area contributed by atoms with Gasteiger partial charge >= 0.3 is 10.1 Å². The van der Waals surface area contributed by atoms with Crippen molar-refractivity contribution >= 4 is 33.3 Å². The molecule has 0 unspecified atom stereocenters. The lowest BCUT2D eigenvalue weighted by Gasteiger charge is -2.21. The Morgan fingerprint density at radius 3 is 1.88 bits per heavy atom. The Labute approximate surface area is 206 Å². The van der Waals surface area contributed by atoms with E-state index in [1.807, 2.05) is 27.7 Å². The molecule has 3 aromatic rings. The molecule has 180 valence electrons. The maximum absolute atomic E-state index is 13.1. The van der Waals surface area contributed by atoms with Gasteiger partial charge in [0.1, 0.15) is 16.4 Å². The van der Waals surface area contributed by atoms with Crippen molar-refractivity contribution < 1.29 is 22.1 Å². The molecule has 0 aliphatic carbocycles. The van der Waals surface area contributed by atoms with Gasteiger partial charge in [-0.3, -0.25) is 4.79 Å². The summed E-state index contributed by atoms with van der Waals surface area (Å²) in [5.41, 5.74) is 2.37. The highest BCUT2D eigenvalue weighted by Gasteiger charge is 2.25. The molecule has 1 N–H and O–H groups in total. The van der Waals surface area contributed by atoms with E-state index in [0.717, 1.165) is 0 Å². The fourth-order valence-corrected chi connectivity index (χ4v) is 4.51. The van der Waals surface area contributed by atoms with Crippen LogP contribution in [0.15, 0.2) is 65.6 Å². The van der Waals surface area contributed by atoms with Crippen LogP contribution in [0.3, 0.4) is 0 Å². The Kier molecular flexibility index (Phi) is 7.89. The van der Waals surface area contributed by atoms with Crippen molar-refractivity contribution in [2.75, 3.05) is 12.4 Å². The number of nitrogens with one attached hydrogen (secondary N) is 1. The summed E-state index contributed by atoms with van der Waals surface area (Å²) >= 11 is 5.92. The standard InChI is InChI=1S/C26H28ClNO5S/c1-16(2)23-14-20(28-26(29)18-6-8-19(27)9-7-18)15-24(17(3)4)25(23)33-34(30,31)22-12-10-21(32-5)11-13-22/h6-17H,1-5H3,(H,28,29). The van der Waals surface area contributed by atoms with E-state index in [1.54, 1.807) is 48.5 Å². The largest absolute Gasteiger partial charge is 0.497 e. The fourth-order valence-electron chi connectivity index (χ4n) is 3.41. The highest BCUT2D eigenvalue weighted by Crippen LogP contribution is 2.39. The van der Waals surface area contributed by atoms with Crippen molar-refractivity contribution in [1.29, 1.82) is 0 Å². The quantitative estimate of drug-likeness (QED) is 0.351. The second-order valence-corrected chi connectivity index (χ2v) is 10.4. The van der Waals surface area contributed by atoms with Crippen LogP contribution in [0, 0.1) is 0 Å². The van der Waals surface area contributed by atoms with E-state index in [-0.39, 0.29) is 28.4 Å². The molecule has 0 atom stereocenters. The molecule has 0 radical (unpaired) electrons. The van der Waals surface area contributed by atoms with E-state index in [1.165, 1.54) is 19.2 Å². The Hall–Kier alpha value is -3.03. The molecule has 0 saturated heterocycles. The topological polar surface area (TPSA) is 81.7 Å². The summed E-state index contributed by atoms with van der Waals surface area (Å²) in [5, 5.41) is 3.44. The fraction of sp³-hybridized carbons (Fsp3) is 0.269. The third-order valence-corrected chi connectivity index (χ3v) is 6.78. The van der Waals surface area contributed by atoms with Gasteiger partial charge in [-0.25, -0.2) is 0 Å². The van der Waals surface area contributed by atoms with Crippen LogP contribution in [0.1, 0.15) is 61.0 Å². The molecule has 3 rings (SSSR count). The van der Waals surface area contributed by atoms with Crippen molar-refractivity contribution in [1.82, 2.24) is 0 Å². The first-order valence-electron chi connectivity index (χ1n) is 10.8. The maximum atomic E-state index is 13.1. The van der Waals surface area contributed by atoms with E-state index in [0.29, 0.717) is 33.1 Å². The second-order valence-electron chi connectivity index (χ2n) is 8.47. The highest BCUT2D eigenvalue weighted by molar-refractivity contribution is 7.87. The van der Waals surface area contributed by atoms with Crippen LogP contribution < -0.4 is 14.2 Å². The Balaban J connectivity index is 2.01. The van der Waals surface area contributed by atoms with Crippen molar-refractivity contribution in [3.05, 3.63) is 82.4 Å². The van der Waals surface area contributed by atoms with E-state index >= 15 is 0 Å². The molecule has 0 aromatic heterocycles. The molecule has 34 heavy (non-hydrogen) atoms. The van der Waals surface area contributed by atoms with Gasteiger partial charge in [0, 0.05) is 27.4 Å². The van der Waals surface area contributed by atoms with Gasteiger partial charge in [-0.2, -0.15) is 8.42 Å². The molecule has 0 saturated carbocycles. The molecule has 0 spiro atoms. The number of amides is 1. The zero-order valence-electron chi connectivity index (χ0n) is 19.8. The van der Waals surface area contributed by atoms with Gasteiger partial charge in [0.05, 0.1) is 7.11 Å². The molecule has 0 bridgehead atoms. The van der Waals surface area contributed by atoms with Crippen LogP contribution in [0.25, 0.3) is 0 Å². The summed E-state index contributed by atoms with van der Waals surface area (Å²) in [6.07, 6.45) is 0. The number of carbonyl (C=O) groups excluding carboxylic acids is 1. The molecule has 1 amide bonds. The first kappa shape index (κ1) is 25.6. The van der Waals surface area contributed by atoms with Gasteiger partial charge < -0.3 is 14.2 Å². The third-order valence-electron chi connectivity index (χ3n) is 5.30. The first-order chi connectivity index (χ1) is 16.0. The van der Waals surface area contributed by atoms with Crippen LogP contribution in [-0.4, -0.2) is 21.4 Å². The number of ether oxygens (including phenoxy) is 1. The minimum Gasteiger partial charge on any atom is -0.497 e. The Bertz CT molecular complexity index is 1240. The average Bonchev–Trinajstić information content (AvgIpc) is 2.79. The Morgan fingerprint density at radius 1 is 0.882 bits per heavy atom. The number of carbonyl (C=O) groups is 1. The molecule has 3 aromatic carbocycles. The summed E-state index contributed by atoms with van der Waals surface area (Å²) < 4.78 is 37.0. The average molecular weight is 502 g/mol. The predicted molar refractivity (Wildman–Crippen MR) is 135 cm³/mol. The van der Waals surface area contributed by atoms with Crippen LogP contribution in [-0.2, 0) is 10.1 Å². The van der Waals surface area contributed by atoms with E-state index in [4.69, 9.17) is 20.5 Å². The molecule has 0 heterocycles. The smallest absolute Gasteiger partial charge is 0.339 e. The molecule has 0 aliphatic heterocycles. The zero-order valence-corrected chi connectivity index (χ0v) is 21.3. The number of halogens is 1. The molecule has 0 fully saturated rings. The minimum absolute atomic E-state index is 0.0258. The number of hydrogen-bond donors (Lipinski definition) is 1. The number of methoxy groups -OCH3 is 1. The predicted octanol–water partition coefficient (Wildman–Crippen LogP) is 6.62. The van der Waals surface area contributed by atoms with Crippen LogP contribution in [0.2, 0.25) is 5.02 Å². The monoisotopic (exact) mass is 501 g/mol. The van der Waals surface area contributed by atoms with Crippen LogP contribution in [0.5, 0.6) is 11.5 Å². The first-order valence-corrected chi connectivity index (χ1v) is 12.6. The summed E-state index contributed by atoms with van der Waals surface area (Å²) in [6, 6.07) is 16.1. The van der Waals surface area contributed by atoms with E-state index in [2.05, 4.69) is 5.32 Å². The lowest BCUT2D eigenvalue weighted by Crippen LogP contribution is -2.16. The second kappa shape index (κ2) is 10.5. The highest BCUT2D eigenvalue weighted by atomic mass is 35.5. The minimum atomic E-state index is -4.09. The maximum Gasteiger partial charge on any atom is 0.339 e. The number of benzene rings is 3. The molecule has 6 nitrogen and oxygen atoms in total. The summed E-state index contributed by atoms with van der Waals surface area (Å²) in [4.78, 5) is 12.8. The normalized spacial score (nSPS) is 11.5. The van der Waals surface area contributed by atoms with Gasteiger partial charge in [0.25, 0.3) is 5.91 Å². The van der Waals surface area contributed by atoms with Gasteiger partial charge in [-0.15, -0.1) is 0 Å². The lowest BCUT2D eigenvalue weighted by molar-refractivity contribution is 0.102. The SMILES string of the molecule is COc1ccc(S(=O)(=O)Oc2c(C(C)C)cc(NC(=O)c3ccc(Cl)cc3)cc2C(C)C)cc1. The summed E-state index contributed by atoms with van der Waals surface area (Å²) in [7, 11) is -2.58. The number of rotatable bonds is 8. The molecular formula is C26H28ClNO5S. The van der Waals surface area contributed by atoms with Crippen molar-refractivity contribution in [2.45, 2.75) is 44.4 Å². The zero-order chi connectivity index (χ0) is 25.0. The summed E-state index contributed by atoms with van der Waals surface area (Å²) in [6.45, 7) is 7.77. The third kappa shape index (κ3) is 5.90. The molecule has 8 heteroatoms.